The lowest BCUT2D eigenvalue weighted by molar-refractivity contribution is -0.130. The summed E-state index contributed by atoms with van der Waals surface area (Å²) in [5.74, 6) is -0.322. The fourth-order valence-corrected chi connectivity index (χ4v) is 2.43. The first-order valence-corrected chi connectivity index (χ1v) is 7.23. The lowest BCUT2D eigenvalue weighted by Crippen LogP contribution is -2.42. The number of nitrogens with zero attached hydrogens (tertiary/aromatic N) is 2. The summed E-state index contributed by atoms with van der Waals surface area (Å²) in [6.07, 6.45) is 2.06. The highest BCUT2D eigenvalue weighted by atomic mass is 16.2. The van der Waals surface area contributed by atoms with E-state index in [4.69, 9.17) is 0 Å². The van der Waals surface area contributed by atoms with Gasteiger partial charge in [0.2, 0.25) is 0 Å². The van der Waals surface area contributed by atoms with E-state index in [9.17, 15) is 9.59 Å². The van der Waals surface area contributed by atoms with Crippen molar-refractivity contribution in [2.24, 2.45) is 5.10 Å². The van der Waals surface area contributed by atoms with Gasteiger partial charge in [-0.05, 0) is 35.7 Å². The summed E-state index contributed by atoms with van der Waals surface area (Å²) in [6, 6.07) is 13.4. The van der Waals surface area contributed by atoms with Crippen LogP contribution in [0.15, 0.2) is 47.6 Å². The molecule has 1 atom stereocenters. The van der Waals surface area contributed by atoms with Crippen LogP contribution in [0.25, 0.3) is 10.8 Å². The first kappa shape index (κ1) is 14.3. The van der Waals surface area contributed by atoms with Crippen molar-refractivity contribution in [3.8, 4) is 0 Å². The molecule has 0 aromatic heterocycles. The van der Waals surface area contributed by atoms with Crippen LogP contribution in [-0.4, -0.2) is 28.7 Å². The molecule has 1 saturated heterocycles. The fraction of sp³-hybridized carbons (Fsp3) is 0.235. The predicted octanol–water partition coefficient (Wildman–Crippen LogP) is 2.89. The van der Waals surface area contributed by atoms with E-state index in [1.807, 2.05) is 49.4 Å². The van der Waals surface area contributed by atoms with Gasteiger partial charge < -0.3 is 5.32 Å². The highest BCUT2D eigenvalue weighted by Gasteiger charge is 2.46. The van der Waals surface area contributed by atoms with Gasteiger partial charge in [-0.3, -0.25) is 4.79 Å². The molecule has 0 spiro atoms. The van der Waals surface area contributed by atoms with E-state index in [-0.39, 0.29) is 5.91 Å². The van der Waals surface area contributed by atoms with Crippen molar-refractivity contribution in [1.82, 2.24) is 10.3 Å². The first-order valence-electron chi connectivity index (χ1n) is 7.23. The van der Waals surface area contributed by atoms with Gasteiger partial charge in [0.05, 0.1) is 6.21 Å². The number of carbonyl (C=O) groups is 2. The van der Waals surface area contributed by atoms with Gasteiger partial charge in [0.1, 0.15) is 5.54 Å². The minimum atomic E-state index is -0.863. The van der Waals surface area contributed by atoms with Crippen molar-refractivity contribution in [1.29, 1.82) is 0 Å². The van der Waals surface area contributed by atoms with E-state index in [1.165, 1.54) is 6.21 Å². The van der Waals surface area contributed by atoms with Crippen LogP contribution in [0.1, 0.15) is 25.8 Å². The smallest absolute Gasteiger partial charge is 0.322 e. The number of nitrogens with one attached hydrogen (secondary N) is 1. The predicted molar refractivity (Wildman–Crippen MR) is 85.6 cm³/mol. The van der Waals surface area contributed by atoms with Crippen LogP contribution in [0.2, 0.25) is 0 Å². The fourth-order valence-electron chi connectivity index (χ4n) is 2.43. The molecule has 5 heteroatoms. The van der Waals surface area contributed by atoms with Gasteiger partial charge in [-0.2, -0.15) is 5.10 Å². The second kappa shape index (κ2) is 5.26. The van der Waals surface area contributed by atoms with Gasteiger partial charge in [-0.1, -0.05) is 43.3 Å². The van der Waals surface area contributed by atoms with Crippen LogP contribution in [0.3, 0.4) is 0 Å². The molecule has 1 aliphatic heterocycles. The van der Waals surface area contributed by atoms with Crippen molar-refractivity contribution in [2.75, 3.05) is 0 Å². The van der Waals surface area contributed by atoms with E-state index in [0.717, 1.165) is 21.3 Å². The molecule has 1 heterocycles. The van der Waals surface area contributed by atoms with Crippen molar-refractivity contribution < 1.29 is 9.59 Å². The third kappa shape index (κ3) is 2.35. The molecule has 1 aliphatic rings. The number of carbonyl (C=O) groups excluding carboxylic acids is 2. The zero-order valence-corrected chi connectivity index (χ0v) is 12.5. The van der Waals surface area contributed by atoms with Crippen LogP contribution in [0.5, 0.6) is 0 Å². The Balaban J connectivity index is 1.86. The van der Waals surface area contributed by atoms with Gasteiger partial charge in [-0.25, -0.2) is 4.79 Å². The normalized spacial score (nSPS) is 21.8. The van der Waals surface area contributed by atoms with Crippen molar-refractivity contribution in [2.45, 2.75) is 25.8 Å². The van der Waals surface area contributed by atoms with E-state index in [1.54, 1.807) is 6.92 Å². The number of hydrogen-bond acceptors (Lipinski definition) is 3. The summed E-state index contributed by atoms with van der Waals surface area (Å²) in [6.45, 7) is 3.56. The maximum atomic E-state index is 12.2. The van der Waals surface area contributed by atoms with Crippen molar-refractivity contribution in [3.05, 3.63) is 48.0 Å². The molecule has 0 saturated carbocycles. The number of benzene rings is 2. The van der Waals surface area contributed by atoms with Crippen LogP contribution in [0, 0.1) is 0 Å². The van der Waals surface area contributed by atoms with Crippen molar-refractivity contribution in [3.63, 3.8) is 0 Å². The summed E-state index contributed by atoms with van der Waals surface area (Å²) >= 11 is 0. The van der Waals surface area contributed by atoms with E-state index >= 15 is 0 Å². The van der Waals surface area contributed by atoms with Gasteiger partial charge in [-0.15, -0.1) is 5.01 Å². The largest absolute Gasteiger partial charge is 0.346 e. The Morgan fingerprint density at radius 1 is 1.18 bits per heavy atom. The van der Waals surface area contributed by atoms with Crippen LogP contribution >= 0.6 is 0 Å². The molecule has 2 aromatic rings. The van der Waals surface area contributed by atoms with Crippen LogP contribution in [0.4, 0.5) is 4.79 Å². The summed E-state index contributed by atoms with van der Waals surface area (Å²) < 4.78 is 0. The standard InChI is InChI=1S/C17H17N3O2/c1-3-17(2)15(21)20(16(22)19-17)18-11-12-8-9-13-6-4-5-7-14(13)10-12/h4-11H,3H2,1-2H3,(H,19,22)/b18-11+. The van der Waals surface area contributed by atoms with Gasteiger partial charge in [0.25, 0.3) is 5.91 Å². The average Bonchev–Trinajstić information content (AvgIpc) is 2.75. The number of urea groups is 1. The number of fused-ring (bicyclic) bond motifs is 1. The van der Waals surface area contributed by atoms with Gasteiger partial charge in [0, 0.05) is 0 Å². The lowest BCUT2D eigenvalue weighted by atomic mass is 10.00. The molecule has 1 fully saturated rings. The highest BCUT2D eigenvalue weighted by Crippen LogP contribution is 2.21. The van der Waals surface area contributed by atoms with E-state index in [0.29, 0.717) is 6.42 Å². The molecule has 3 rings (SSSR count). The Hall–Kier alpha value is -2.69. The molecule has 22 heavy (non-hydrogen) atoms. The lowest BCUT2D eigenvalue weighted by Gasteiger charge is -2.17. The Morgan fingerprint density at radius 3 is 2.59 bits per heavy atom. The molecule has 0 bridgehead atoms. The topological polar surface area (TPSA) is 61.8 Å². The Labute approximate surface area is 128 Å². The molecule has 0 radical (unpaired) electrons. The van der Waals surface area contributed by atoms with E-state index in [2.05, 4.69) is 10.4 Å². The van der Waals surface area contributed by atoms with Gasteiger partial charge >= 0.3 is 6.03 Å². The maximum absolute atomic E-state index is 12.2. The molecule has 112 valence electrons. The van der Waals surface area contributed by atoms with Gasteiger partial charge in [0.15, 0.2) is 0 Å². The number of hydrazone groups is 1. The number of hydrogen-bond donors (Lipinski definition) is 1. The Bertz CT molecular complexity index is 784. The van der Waals surface area contributed by atoms with Crippen LogP contribution in [-0.2, 0) is 4.79 Å². The van der Waals surface area contributed by atoms with Crippen LogP contribution < -0.4 is 5.32 Å². The third-order valence-corrected chi connectivity index (χ3v) is 4.04. The molecular formula is C17H17N3O2. The number of rotatable bonds is 3. The summed E-state index contributed by atoms with van der Waals surface area (Å²) in [7, 11) is 0. The number of amides is 3. The molecule has 5 nitrogen and oxygen atoms in total. The Morgan fingerprint density at radius 2 is 1.91 bits per heavy atom. The summed E-state index contributed by atoms with van der Waals surface area (Å²) in [5.41, 5.74) is -0.0259. The Kier molecular flexibility index (Phi) is 3.41. The summed E-state index contributed by atoms with van der Waals surface area (Å²) in [4.78, 5) is 24.1. The molecule has 1 N–H and O–H groups in total. The monoisotopic (exact) mass is 295 g/mol. The molecule has 1 unspecified atom stereocenters. The third-order valence-electron chi connectivity index (χ3n) is 4.04. The molecule has 2 aromatic carbocycles. The molecule has 3 amide bonds. The highest BCUT2D eigenvalue weighted by molar-refractivity contribution is 6.07. The summed E-state index contributed by atoms with van der Waals surface area (Å²) in [5, 5.41) is 9.84. The minimum absolute atomic E-state index is 0.322. The second-order valence-electron chi connectivity index (χ2n) is 5.58. The number of imide groups is 1. The zero-order valence-electron chi connectivity index (χ0n) is 12.5. The van der Waals surface area contributed by atoms with Crippen molar-refractivity contribution >= 4 is 28.9 Å². The quantitative estimate of drug-likeness (QED) is 0.699. The zero-order chi connectivity index (χ0) is 15.7. The minimum Gasteiger partial charge on any atom is -0.322 e. The van der Waals surface area contributed by atoms with E-state index < -0.39 is 11.6 Å². The maximum Gasteiger partial charge on any atom is 0.346 e. The molecular weight excluding hydrogens is 278 g/mol. The second-order valence-corrected chi connectivity index (χ2v) is 5.58. The molecule has 0 aliphatic carbocycles. The average molecular weight is 295 g/mol. The SMILES string of the molecule is CCC1(C)NC(=O)N(/N=C/c2ccc3ccccc3c2)C1=O. The first-order chi connectivity index (χ1) is 10.5.